The summed E-state index contributed by atoms with van der Waals surface area (Å²) in [6.45, 7) is 7.97. The fourth-order valence-corrected chi connectivity index (χ4v) is 2.38. The van der Waals surface area contributed by atoms with Gasteiger partial charge in [0.25, 0.3) is 5.91 Å². The van der Waals surface area contributed by atoms with Crippen LogP contribution in [0.1, 0.15) is 49.3 Å². The first-order chi connectivity index (χ1) is 11.3. The molecule has 1 heterocycles. The normalized spacial score (nSPS) is 11.0. The number of nitrogens with zero attached hydrogens (tertiary/aromatic N) is 2. The van der Waals surface area contributed by atoms with E-state index in [1.165, 1.54) is 13.3 Å². The largest absolute Gasteiger partial charge is 0.348 e. The lowest BCUT2D eigenvalue weighted by molar-refractivity contribution is -0.114. The number of anilines is 1. The molecule has 1 aromatic carbocycles. The highest BCUT2D eigenvalue weighted by molar-refractivity contribution is 5.96. The fourth-order valence-electron chi connectivity index (χ4n) is 2.38. The number of aromatic nitrogens is 2. The first-order valence-electron chi connectivity index (χ1n) is 7.72. The van der Waals surface area contributed by atoms with Gasteiger partial charge in [-0.15, -0.1) is 0 Å². The van der Waals surface area contributed by atoms with Crippen LogP contribution < -0.4 is 10.6 Å². The number of hydrogen-bond acceptors (Lipinski definition) is 4. The second kappa shape index (κ2) is 7.21. The van der Waals surface area contributed by atoms with Crippen LogP contribution in [-0.2, 0) is 16.8 Å². The minimum atomic E-state index is -0.217. The van der Waals surface area contributed by atoms with E-state index >= 15 is 0 Å². The van der Waals surface area contributed by atoms with Crippen molar-refractivity contribution in [3.8, 4) is 0 Å². The third-order valence-electron chi connectivity index (χ3n) is 3.38. The van der Waals surface area contributed by atoms with Crippen LogP contribution in [-0.4, -0.2) is 21.8 Å². The van der Waals surface area contributed by atoms with Gasteiger partial charge in [0.1, 0.15) is 6.33 Å². The molecule has 2 aromatic rings. The molecule has 24 heavy (non-hydrogen) atoms. The van der Waals surface area contributed by atoms with Gasteiger partial charge < -0.3 is 10.6 Å². The van der Waals surface area contributed by atoms with Crippen molar-refractivity contribution in [2.45, 2.75) is 39.7 Å². The minimum Gasteiger partial charge on any atom is -0.348 e. The van der Waals surface area contributed by atoms with E-state index in [9.17, 15) is 9.59 Å². The molecule has 126 valence electrons. The van der Waals surface area contributed by atoms with Crippen LogP contribution in [0.3, 0.4) is 0 Å². The topological polar surface area (TPSA) is 84.0 Å². The van der Waals surface area contributed by atoms with Crippen molar-refractivity contribution in [3.05, 3.63) is 53.6 Å². The standard InChI is InChI=1S/C18H22N4O2/c1-12(23)22-15-7-5-6-13(8-15)17(24)20-10-14-9-19-11-21-16(14)18(2,3)4/h5-9,11H,10H2,1-4H3,(H,20,24)(H,22,23). The minimum absolute atomic E-state index is 0.131. The number of rotatable bonds is 4. The highest BCUT2D eigenvalue weighted by atomic mass is 16.2. The Kier molecular flexibility index (Phi) is 5.28. The molecular formula is C18H22N4O2. The van der Waals surface area contributed by atoms with Crippen molar-refractivity contribution in [2.24, 2.45) is 0 Å². The van der Waals surface area contributed by atoms with Crippen molar-refractivity contribution in [3.63, 3.8) is 0 Å². The lowest BCUT2D eigenvalue weighted by Gasteiger charge is -2.21. The Morgan fingerprint density at radius 3 is 2.62 bits per heavy atom. The van der Waals surface area contributed by atoms with Gasteiger partial charge in [0, 0.05) is 41.9 Å². The van der Waals surface area contributed by atoms with Gasteiger partial charge >= 0.3 is 0 Å². The monoisotopic (exact) mass is 326 g/mol. The van der Waals surface area contributed by atoms with Crippen LogP contribution in [0.5, 0.6) is 0 Å². The molecule has 0 saturated carbocycles. The highest BCUT2D eigenvalue weighted by Crippen LogP contribution is 2.22. The molecule has 0 radical (unpaired) electrons. The summed E-state index contributed by atoms with van der Waals surface area (Å²) < 4.78 is 0. The maximum Gasteiger partial charge on any atom is 0.251 e. The number of carbonyl (C=O) groups excluding carboxylic acids is 2. The molecule has 0 aliphatic heterocycles. The quantitative estimate of drug-likeness (QED) is 0.904. The fraction of sp³-hybridized carbons (Fsp3) is 0.333. The maximum absolute atomic E-state index is 12.4. The van der Waals surface area contributed by atoms with Gasteiger partial charge in [-0.3, -0.25) is 9.59 Å². The van der Waals surface area contributed by atoms with Crippen LogP contribution in [0.4, 0.5) is 5.69 Å². The van der Waals surface area contributed by atoms with Crippen molar-refractivity contribution >= 4 is 17.5 Å². The molecule has 0 unspecified atom stereocenters. The molecule has 0 aliphatic rings. The zero-order valence-electron chi connectivity index (χ0n) is 14.4. The summed E-state index contributed by atoms with van der Waals surface area (Å²) in [6, 6.07) is 6.81. The third-order valence-corrected chi connectivity index (χ3v) is 3.38. The second-order valence-electron chi connectivity index (χ2n) is 6.59. The van der Waals surface area contributed by atoms with E-state index in [0.29, 0.717) is 17.8 Å². The average molecular weight is 326 g/mol. The van der Waals surface area contributed by atoms with Crippen molar-refractivity contribution in [1.29, 1.82) is 0 Å². The average Bonchev–Trinajstić information content (AvgIpc) is 2.51. The third kappa shape index (κ3) is 4.62. The molecule has 6 heteroatoms. The van der Waals surface area contributed by atoms with Crippen molar-refractivity contribution in [2.75, 3.05) is 5.32 Å². The molecule has 0 saturated heterocycles. The molecule has 2 N–H and O–H groups in total. The summed E-state index contributed by atoms with van der Waals surface area (Å²) in [4.78, 5) is 31.8. The van der Waals surface area contributed by atoms with Crippen LogP contribution in [0.2, 0.25) is 0 Å². The summed E-state index contributed by atoms with van der Waals surface area (Å²) in [5.41, 5.74) is 2.74. The molecule has 0 spiro atoms. The predicted molar refractivity (Wildman–Crippen MR) is 92.6 cm³/mol. The number of hydrogen-bond donors (Lipinski definition) is 2. The van der Waals surface area contributed by atoms with Crippen LogP contribution in [0.15, 0.2) is 36.8 Å². The molecule has 0 aliphatic carbocycles. The Labute approximate surface area is 141 Å². The van der Waals surface area contributed by atoms with E-state index in [-0.39, 0.29) is 17.2 Å². The van der Waals surface area contributed by atoms with Crippen molar-refractivity contribution in [1.82, 2.24) is 15.3 Å². The number of nitrogens with one attached hydrogen (secondary N) is 2. The lowest BCUT2D eigenvalue weighted by atomic mass is 9.89. The molecule has 6 nitrogen and oxygen atoms in total. The van der Waals surface area contributed by atoms with E-state index in [1.807, 2.05) is 0 Å². The van der Waals surface area contributed by atoms with Crippen LogP contribution in [0.25, 0.3) is 0 Å². The van der Waals surface area contributed by atoms with E-state index in [2.05, 4.69) is 41.4 Å². The summed E-state index contributed by atoms with van der Waals surface area (Å²) in [7, 11) is 0. The summed E-state index contributed by atoms with van der Waals surface area (Å²) >= 11 is 0. The predicted octanol–water partition coefficient (Wildman–Crippen LogP) is 2.66. The molecule has 2 rings (SSSR count). The van der Waals surface area contributed by atoms with Gasteiger partial charge in [-0.1, -0.05) is 26.8 Å². The van der Waals surface area contributed by atoms with Gasteiger partial charge in [-0.05, 0) is 18.2 Å². The summed E-state index contributed by atoms with van der Waals surface area (Å²) in [6.07, 6.45) is 3.24. The Hall–Kier alpha value is -2.76. The van der Waals surface area contributed by atoms with Gasteiger partial charge in [-0.25, -0.2) is 9.97 Å². The Bertz CT molecular complexity index is 751. The first kappa shape index (κ1) is 17.6. The summed E-state index contributed by atoms with van der Waals surface area (Å²) in [5, 5.41) is 5.54. The van der Waals surface area contributed by atoms with Crippen LogP contribution >= 0.6 is 0 Å². The number of benzene rings is 1. The van der Waals surface area contributed by atoms with E-state index in [0.717, 1.165) is 11.3 Å². The molecule has 0 atom stereocenters. The maximum atomic E-state index is 12.4. The zero-order chi connectivity index (χ0) is 17.7. The Morgan fingerprint density at radius 2 is 1.96 bits per heavy atom. The second-order valence-corrected chi connectivity index (χ2v) is 6.59. The molecule has 0 bridgehead atoms. The Morgan fingerprint density at radius 1 is 1.21 bits per heavy atom. The zero-order valence-corrected chi connectivity index (χ0v) is 14.4. The van der Waals surface area contributed by atoms with Crippen molar-refractivity contribution < 1.29 is 9.59 Å². The van der Waals surface area contributed by atoms with Gasteiger partial charge in [0.05, 0.1) is 5.69 Å². The van der Waals surface area contributed by atoms with E-state index < -0.39 is 0 Å². The molecule has 1 aromatic heterocycles. The first-order valence-corrected chi connectivity index (χ1v) is 7.72. The van der Waals surface area contributed by atoms with E-state index in [4.69, 9.17) is 0 Å². The van der Waals surface area contributed by atoms with Crippen LogP contribution in [0, 0.1) is 0 Å². The number of carbonyl (C=O) groups is 2. The van der Waals surface area contributed by atoms with E-state index in [1.54, 1.807) is 30.5 Å². The smallest absolute Gasteiger partial charge is 0.251 e. The van der Waals surface area contributed by atoms with Gasteiger partial charge in [0.15, 0.2) is 0 Å². The Balaban J connectivity index is 2.11. The van der Waals surface area contributed by atoms with Gasteiger partial charge in [-0.2, -0.15) is 0 Å². The molecule has 0 fully saturated rings. The lowest BCUT2D eigenvalue weighted by Crippen LogP contribution is -2.26. The summed E-state index contributed by atoms with van der Waals surface area (Å²) in [5.74, 6) is -0.394. The number of amides is 2. The molecule has 2 amide bonds. The van der Waals surface area contributed by atoms with Gasteiger partial charge in [0.2, 0.25) is 5.91 Å². The highest BCUT2D eigenvalue weighted by Gasteiger charge is 2.20. The molecular weight excluding hydrogens is 304 g/mol. The SMILES string of the molecule is CC(=O)Nc1cccc(C(=O)NCc2cncnc2C(C)(C)C)c1.